The van der Waals surface area contributed by atoms with Crippen molar-refractivity contribution in [3.63, 3.8) is 0 Å². The molecule has 0 spiro atoms. The lowest BCUT2D eigenvalue weighted by Crippen LogP contribution is -2.11. The molecule has 0 aromatic carbocycles. The van der Waals surface area contributed by atoms with E-state index in [9.17, 15) is 4.79 Å². The zero-order chi connectivity index (χ0) is 11.5. The van der Waals surface area contributed by atoms with E-state index < -0.39 is 5.97 Å². The number of carbonyl (C=O) groups is 1. The minimum Gasteiger partial charge on any atom is -0.480 e. The number of rotatable bonds is 3. The second-order valence-electron chi connectivity index (χ2n) is 3.30. The van der Waals surface area contributed by atoms with E-state index in [4.69, 9.17) is 5.11 Å². The Labute approximate surface area is 90.7 Å². The first kappa shape index (κ1) is 10.2. The molecule has 2 aromatic rings. The zero-order valence-corrected chi connectivity index (χ0v) is 8.53. The van der Waals surface area contributed by atoms with Gasteiger partial charge in [-0.3, -0.25) is 9.78 Å². The van der Waals surface area contributed by atoms with Crippen LogP contribution in [0.25, 0.3) is 11.4 Å². The number of carboxylic acids is 1. The SMILES string of the molecule is Cc1cncc(-c2nnnn2CC(=O)O)c1. The number of carboxylic acid groups (broad SMARTS) is 1. The number of nitrogens with zero attached hydrogens (tertiary/aromatic N) is 5. The van der Waals surface area contributed by atoms with Crippen molar-refractivity contribution in [3.05, 3.63) is 24.0 Å². The van der Waals surface area contributed by atoms with Gasteiger partial charge in [0.25, 0.3) is 0 Å². The third kappa shape index (κ3) is 2.02. The number of pyridine rings is 1. The number of hydrogen-bond donors (Lipinski definition) is 1. The molecule has 0 radical (unpaired) electrons. The lowest BCUT2D eigenvalue weighted by atomic mass is 10.2. The van der Waals surface area contributed by atoms with Gasteiger partial charge in [-0.25, -0.2) is 4.68 Å². The van der Waals surface area contributed by atoms with Gasteiger partial charge in [0.2, 0.25) is 0 Å². The van der Waals surface area contributed by atoms with E-state index in [1.54, 1.807) is 12.4 Å². The van der Waals surface area contributed by atoms with Crippen LogP contribution in [0.2, 0.25) is 0 Å². The molecule has 16 heavy (non-hydrogen) atoms. The Balaban J connectivity index is 2.40. The predicted octanol–water partition coefficient (Wildman–Crippen LogP) is 0.128. The quantitative estimate of drug-likeness (QED) is 0.788. The van der Waals surface area contributed by atoms with Gasteiger partial charge in [0.1, 0.15) is 6.54 Å². The molecule has 7 heteroatoms. The largest absolute Gasteiger partial charge is 0.480 e. The highest BCUT2D eigenvalue weighted by atomic mass is 16.4. The Morgan fingerprint density at radius 3 is 3.00 bits per heavy atom. The summed E-state index contributed by atoms with van der Waals surface area (Å²) in [6.07, 6.45) is 3.30. The molecule has 0 atom stereocenters. The monoisotopic (exact) mass is 219 g/mol. The minimum atomic E-state index is -0.992. The van der Waals surface area contributed by atoms with E-state index in [1.807, 2.05) is 13.0 Å². The summed E-state index contributed by atoms with van der Waals surface area (Å²) in [7, 11) is 0. The molecule has 82 valence electrons. The Hall–Kier alpha value is -2.31. The van der Waals surface area contributed by atoms with Crippen molar-refractivity contribution in [2.24, 2.45) is 0 Å². The number of aryl methyl sites for hydroxylation is 1. The Morgan fingerprint density at radius 2 is 2.31 bits per heavy atom. The molecule has 0 saturated heterocycles. The van der Waals surface area contributed by atoms with Gasteiger partial charge < -0.3 is 5.11 Å². The van der Waals surface area contributed by atoms with Crippen LogP contribution in [-0.4, -0.2) is 36.3 Å². The zero-order valence-electron chi connectivity index (χ0n) is 8.53. The normalized spacial score (nSPS) is 10.3. The molecule has 0 unspecified atom stereocenters. The lowest BCUT2D eigenvalue weighted by Gasteiger charge is -2.01. The highest BCUT2D eigenvalue weighted by molar-refractivity contribution is 5.67. The van der Waals surface area contributed by atoms with Crippen molar-refractivity contribution < 1.29 is 9.90 Å². The van der Waals surface area contributed by atoms with Crippen LogP contribution in [-0.2, 0) is 11.3 Å². The molecular formula is C9H9N5O2. The predicted molar refractivity (Wildman–Crippen MR) is 53.4 cm³/mol. The summed E-state index contributed by atoms with van der Waals surface area (Å²) in [4.78, 5) is 14.6. The summed E-state index contributed by atoms with van der Waals surface area (Å²) >= 11 is 0. The second kappa shape index (κ2) is 4.05. The summed E-state index contributed by atoms with van der Waals surface area (Å²) in [6, 6.07) is 1.84. The molecule has 0 saturated carbocycles. The van der Waals surface area contributed by atoms with E-state index in [1.165, 1.54) is 4.68 Å². The molecule has 0 aliphatic rings. The van der Waals surface area contributed by atoms with Crippen molar-refractivity contribution in [1.82, 2.24) is 25.2 Å². The van der Waals surface area contributed by atoms with Crippen LogP contribution in [0.1, 0.15) is 5.56 Å². The summed E-state index contributed by atoms with van der Waals surface area (Å²) in [5.74, 6) is -0.590. The molecule has 0 fully saturated rings. The molecule has 2 heterocycles. The van der Waals surface area contributed by atoms with E-state index in [2.05, 4.69) is 20.5 Å². The molecule has 0 bridgehead atoms. The fraction of sp³-hybridized carbons (Fsp3) is 0.222. The number of hydrogen-bond acceptors (Lipinski definition) is 5. The third-order valence-corrected chi connectivity index (χ3v) is 1.95. The molecule has 7 nitrogen and oxygen atoms in total. The van der Waals surface area contributed by atoms with Gasteiger partial charge in [0.05, 0.1) is 0 Å². The van der Waals surface area contributed by atoms with Crippen molar-refractivity contribution in [2.45, 2.75) is 13.5 Å². The highest BCUT2D eigenvalue weighted by Crippen LogP contribution is 2.15. The number of aromatic nitrogens is 5. The average molecular weight is 219 g/mol. The average Bonchev–Trinajstić information content (AvgIpc) is 2.65. The summed E-state index contributed by atoms with van der Waals surface area (Å²) in [5, 5.41) is 19.5. The fourth-order valence-electron chi connectivity index (χ4n) is 1.32. The van der Waals surface area contributed by atoms with Gasteiger partial charge in [0.15, 0.2) is 5.82 Å². The van der Waals surface area contributed by atoms with Gasteiger partial charge in [0, 0.05) is 18.0 Å². The van der Waals surface area contributed by atoms with Crippen LogP contribution < -0.4 is 0 Å². The summed E-state index contributed by atoms with van der Waals surface area (Å²) < 4.78 is 1.22. The first-order valence-electron chi connectivity index (χ1n) is 4.57. The fourth-order valence-corrected chi connectivity index (χ4v) is 1.32. The van der Waals surface area contributed by atoms with Gasteiger partial charge in [-0.15, -0.1) is 5.10 Å². The Kier molecular flexibility index (Phi) is 2.59. The van der Waals surface area contributed by atoms with Crippen LogP contribution in [0.3, 0.4) is 0 Å². The third-order valence-electron chi connectivity index (χ3n) is 1.95. The van der Waals surface area contributed by atoms with Gasteiger partial charge >= 0.3 is 5.97 Å². The van der Waals surface area contributed by atoms with Crippen molar-refractivity contribution in [1.29, 1.82) is 0 Å². The molecule has 2 rings (SSSR count). The van der Waals surface area contributed by atoms with Crippen molar-refractivity contribution in [3.8, 4) is 11.4 Å². The molecular weight excluding hydrogens is 210 g/mol. The van der Waals surface area contributed by atoms with Crippen molar-refractivity contribution in [2.75, 3.05) is 0 Å². The van der Waals surface area contributed by atoms with E-state index >= 15 is 0 Å². The maximum absolute atomic E-state index is 10.6. The van der Waals surface area contributed by atoms with Gasteiger partial charge in [-0.1, -0.05) is 0 Å². The molecule has 1 N–H and O–H groups in total. The van der Waals surface area contributed by atoms with E-state index in [0.717, 1.165) is 5.56 Å². The molecule has 0 amide bonds. The maximum atomic E-state index is 10.6. The highest BCUT2D eigenvalue weighted by Gasteiger charge is 2.11. The number of tetrazole rings is 1. The Morgan fingerprint density at radius 1 is 1.50 bits per heavy atom. The van der Waals surface area contributed by atoms with Crippen LogP contribution in [0.5, 0.6) is 0 Å². The number of aliphatic carboxylic acids is 1. The van der Waals surface area contributed by atoms with Gasteiger partial charge in [-0.05, 0) is 29.0 Å². The maximum Gasteiger partial charge on any atom is 0.325 e. The second-order valence-corrected chi connectivity index (χ2v) is 3.30. The van der Waals surface area contributed by atoms with Crippen LogP contribution in [0.15, 0.2) is 18.5 Å². The molecule has 2 aromatic heterocycles. The standard InChI is InChI=1S/C9H9N5O2/c1-6-2-7(4-10-3-6)9-11-12-13-14(9)5-8(15)16/h2-4H,5H2,1H3,(H,15,16). The van der Waals surface area contributed by atoms with Gasteiger partial charge in [-0.2, -0.15) is 0 Å². The lowest BCUT2D eigenvalue weighted by molar-refractivity contribution is -0.137. The van der Waals surface area contributed by atoms with E-state index in [-0.39, 0.29) is 6.54 Å². The van der Waals surface area contributed by atoms with Crippen LogP contribution >= 0.6 is 0 Å². The van der Waals surface area contributed by atoms with Crippen molar-refractivity contribution >= 4 is 5.97 Å². The first-order valence-corrected chi connectivity index (χ1v) is 4.57. The summed E-state index contributed by atoms with van der Waals surface area (Å²) in [5.41, 5.74) is 1.66. The topological polar surface area (TPSA) is 93.8 Å². The molecule has 0 aliphatic carbocycles. The van der Waals surface area contributed by atoms with E-state index in [0.29, 0.717) is 11.4 Å². The van der Waals surface area contributed by atoms with Crippen LogP contribution in [0.4, 0.5) is 0 Å². The first-order chi connectivity index (χ1) is 7.66. The minimum absolute atomic E-state index is 0.268. The smallest absolute Gasteiger partial charge is 0.325 e. The Bertz CT molecular complexity index is 522. The molecule has 0 aliphatic heterocycles. The van der Waals surface area contributed by atoms with Crippen LogP contribution in [0, 0.1) is 6.92 Å². The summed E-state index contributed by atoms with van der Waals surface area (Å²) in [6.45, 7) is 1.62.